The molecule has 14 aliphatic rings. The highest BCUT2D eigenvalue weighted by Gasteiger charge is 2.74. The molecule has 22 unspecified atom stereocenters. The zero-order valence-corrected chi connectivity index (χ0v) is 32.8. The lowest BCUT2D eigenvalue weighted by Crippen LogP contribution is -2.54. The second-order valence-electron chi connectivity index (χ2n) is 23.1. The summed E-state index contributed by atoms with van der Waals surface area (Å²) in [6.45, 7) is 0. The Morgan fingerprint density at radius 1 is 0.288 bits per heavy atom. The van der Waals surface area contributed by atoms with E-state index in [1.54, 1.807) is 109 Å². The van der Waals surface area contributed by atoms with Crippen LogP contribution in [0.5, 0.6) is 0 Å². The highest BCUT2D eigenvalue weighted by atomic mass is 15.4. The summed E-state index contributed by atoms with van der Waals surface area (Å²) in [5.74, 6) is 12.5. The van der Waals surface area contributed by atoms with Gasteiger partial charge in [0.1, 0.15) is 0 Å². The minimum atomic E-state index is 0.872. The van der Waals surface area contributed by atoms with Crippen molar-refractivity contribution in [2.24, 2.45) is 71.0 Å². The maximum absolute atomic E-state index is 4.47. The molecule has 8 aliphatic carbocycles. The zero-order chi connectivity index (χ0) is 33.4. The first-order chi connectivity index (χ1) is 25.8. The first-order valence-corrected chi connectivity index (χ1v) is 24.9. The molecule has 4 heteroatoms. The summed E-state index contributed by atoms with van der Waals surface area (Å²) in [4.78, 5) is 10.4. The second kappa shape index (κ2) is 11.7. The molecule has 0 aromatic carbocycles. The number of rotatable bonds is 1. The third kappa shape index (κ3) is 4.03. The maximum Gasteiger partial charge on any atom is 0.0168 e. The molecule has 6 saturated heterocycles. The van der Waals surface area contributed by atoms with Gasteiger partial charge in [0.2, 0.25) is 0 Å². The zero-order valence-electron chi connectivity index (χ0n) is 32.8. The highest BCUT2D eigenvalue weighted by molar-refractivity contribution is 5.27. The van der Waals surface area contributed by atoms with Crippen LogP contribution >= 0.6 is 0 Å². The molecule has 14 rings (SSSR count). The molecule has 0 spiro atoms. The summed E-state index contributed by atoms with van der Waals surface area (Å²) >= 11 is 0. The van der Waals surface area contributed by atoms with E-state index in [1.165, 1.54) is 51.4 Å². The molecule has 0 aromatic heterocycles. The van der Waals surface area contributed by atoms with Crippen molar-refractivity contribution in [3.05, 3.63) is 0 Å². The van der Waals surface area contributed by atoms with Crippen LogP contribution in [-0.4, -0.2) is 81.2 Å². The third-order valence-electron chi connectivity index (χ3n) is 22.2. The van der Waals surface area contributed by atoms with Gasteiger partial charge in [0.15, 0.2) is 0 Å². The van der Waals surface area contributed by atoms with E-state index >= 15 is 0 Å². The van der Waals surface area contributed by atoms with E-state index in [0.717, 1.165) is 137 Å². The van der Waals surface area contributed by atoms with Crippen molar-refractivity contribution in [1.82, 2.24) is 20.0 Å². The summed E-state index contributed by atoms with van der Waals surface area (Å²) in [6, 6.07) is 10.4. The van der Waals surface area contributed by atoms with Crippen LogP contribution in [0.3, 0.4) is 0 Å². The highest BCUT2D eigenvalue weighted by Crippen LogP contribution is 2.70. The fraction of sp³-hybridized carbons (Fsp3) is 1.00. The second-order valence-corrected chi connectivity index (χ2v) is 23.1. The van der Waals surface area contributed by atoms with Crippen molar-refractivity contribution in [3.63, 3.8) is 0 Å². The van der Waals surface area contributed by atoms with Gasteiger partial charge in [-0.15, -0.1) is 0 Å². The number of hydrogen-bond acceptors (Lipinski definition) is 4. The third-order valence-corrected chi connectivity index (χ3v) is 22.2. The minimum absolute atomic E-state index is 0.872. The van der Waals surface area contributed by atoms with E-state index in [2.05, 4.69) is 20.0 Å². The number of likely N-dealkylation sites (tertiary alicyclic amines) is 1. The van der Waals surface area contributed by atoms with Gasteiger partial charge in [-0.3, -0.25) is 14.7 Å². The van der Waals surface area contributed by atoms with E-state index in [9.17, 15) is 0 Å². The molecule has 14 fully saturated rings. The number of hydrogen-bond donors (Lipinski definition) is 1. The Bertz CT molecular complexity index is 1410. The molecule has 286 valence electrons. The van der Waals surface area contributed by atoms with Crippen LogP contribution in [0.15, 0.2) is 0 Å². The van der Waals surface area contributed by atoms with E-state index in [0.29, 0.717) is 0 Å². The van der Waals surface area contributed by atoms with Gasteiger partial charge in [-0.1, -0.05) is 70.6 Å². The lowest BCUT2D eigenvalue weighted by atomic mass is 9.55. The Labute approximate surface area is 317 Å². The molecular weight excluding hydrogens is 633 g/mol. The number of nitrogens with one attached hydrogen (secondary N) is 1. The van der Waals surface area contributed by atoms with Gasteiger partial charge < -0.3 is 5.32 Å². The van der Waals surface area contributed by atoms with Crippen molar-refractivity contribution in [1.29, 1.82) is 0 Å². The topological polar surface area (TPSA) is 21.8 Å². The summed E-state index contributed by atoms with van der Waals surface area (Å²) in [7, 11) is 0. The van der Waals surface area contributed by atoms with Crippen LogP contribution in [0.2, 0.25) is 0 Å². The first kappa shape index (κ1) is 31.9. The smallest absolute Gasteiger partial charge is 0.0168 e. The van der Waals surface area contributed by atoms with Gasteiger partial charge in [-0.2, -0.15) is 0 Å². The molecule has 0 aromatic rings. The fourth-order valence-electron chi connectivity index (χ4n) is 21.5. The van der Waals surface area contributed by atoms with Crippen molar-refractivity contribution < 1.29 is 0 Å². The monoisotopic (exact) mass is 707 g/mol. The predicted octanol–water partition coefficient (Wildman–Crippen LogP) is 8.87. The summed E-state index contributed by atoms with van der Waals surface area (Å²) in [5.41, 5.74) is 0. The van der Waals surface area contributed by atoms with Crippen molar-refractivity contribution >= 4 is 0 Å². The average Bonchev–Trinajstić information content (AvgIpc) is 4.02. The summed E-state index contributed by atoms with van der Waals surface area (Å²) in [6.07, 6.45) is 38.9. The SMILES string of the molecule is C1CCC(N2C3CCCCC3C3C4C5CCCCC5N5C6CC7C8CC9NC%10CCCCC%10C9C9C%10CCCCC%10N(C7CC6C(CC32)C45)C89)CC1. The molecule has 52 heavy (non-hydrogen) atoms. The molecule has 4 nitrogen and oxygen atoms in total. The summed E-state index contributed by atoms with van der Waals surface area (Å²) in [5, 5.41) is 4.47. The standard InChI is InChI=1S/C48H74N4/c1-2-12-26(13-3-1)50-37-19-9-5-15-28(37)44-42(50)25-34-32-24-40-31(23-41(32)52-39-21-11-7-17-30(39)46(44)48(34)52)33-22-36-43(27-14-4-8-18-35(27)49-36)45-29-16-6-10-20-38(29)51(40)47(33)45/h26-49H,1-25H2. The first-order valence-electron chi connectivity index (χ1n) is 24.9. The Kier molecular flexibility index (Phi) is 7.18. The van der Waals surface area contributed by atoms with Crippen LogP contribution in [-0.2, 0) is 0 Å². The molecule has 0 bridgehead atoms. The van der Waals surface area contributed by atoms with Gasteiger partial charge in [0, 0.05) is 66.5 Å². The molecular formula is C48H74N4. The van der Waals surface area contributed by atoms with E-state index in [4.69, 9.17) is 0 Å². The van der Waals surface area contributed by atoms with E-state index in [1.807, 2.05) is 0 Å². The largest absolute Gasteiger partial charge is 0.311 e. The molecule has 0 radical (unpaired) electrons. The van der Waals surface area contributed by atoms with Crippen LogP contribution in [0, 0.1) is 71.0 Å². The normalized spacial score (nSPS) is 61.8. The Balaban J connectivity index is 0.845. The van der Waals surface area contributed by atoms with Crippen LogP contribution in [0.25, 0.3) is 0 Å². The van der Waals surface area contributed by atoms with Crippen LogP contribution in [0.4, 0.5) is 0 Å². The van der Waals surface area contributed by atoms with Crippen molar-refractivity contribution in [2.75, 3.05) is 0 Å². The fourth-order valence-corrected chi connectivity index (χ4v) is 21.5. The number of fused-ring (bicyclic) bond motifs is 20. The van der Waals surface area contributed by atoms with Crippen LogP contribution < -0.4 is 5.32 Å². The Morgan fingerprint density at radius 2 is 0.769 bits per heavy atom. The molecule has 6 aliphatic heterocycles. The maximum atomic E-state index is 4.47. The molecule has 22 atom stereocenters. The Hall–Kier alpha value is -0.160. The lowest BCUT2D eigenvalue weighted by molar-refractivity contribution is 0.00292. The minimum Gasteiger partial charge on any atom is -0.311 e. The van der Waals surface area contributed by atoms with Gasteiger partial charge in [0.05, 0.1) is 0 Å². The van der Waals surface area contributed by atoms with Gasteiger partial charge in [0.25, 0.3) is 0 Å². The lowest BCUT2D eigenvalue weighted by Gasteiger charge is -2.51. The van der Waals surface area contributed by atoms with Crippen LogP contribution in [0.1, 0.15) is 161 Å². The Morgan fingerprint density at radius 3 is 1.42 bits per heavy atom. The predicted molar refractivity (Wildman–Crippen MR) is 208 cm³/mol. The van der Waals surface area contributed by atoms with Gasteiger partial charge in [-0.05, 0) is 161 Å². The van der Waals surface area contributed by atoms with Gasteiger partial charge >= 0.3 is 0 Å². The molecule has 0 amide bonds. The quantitative estimate of drug-likeness (QED) is 0.294. The number of nitrogens with zero attached hydrogens (tertiary/aromatic N) is 3. The molecule has 6 heterocycles. The van der Waals surface area contributed by atoms with E-state index < -0.39 is 0 Å². The van der Waals surface area contributed by atoms with Gasteiger partial charge in [-0.25, -0.2) is 0 Å². The average molecular weight is 707 g/mol. The van der Waals surface area contributed by atoms with Crippen molar-refractivity contribution in [2.45, 2.75) is 227 Å². The molecule has 1 N–H and O–H groups in total. The van der Waals surface area contributed by atoms with Crippen molar-refractivity contribution in [3.8, 4) is 0 Å². The van der Waals surface area contributed by atoms with E-state index in [-0.39, 0.29) is 0 Å². The summed E-state index contributed by atoms with van der Waals surface area (Å²) < 4.78 is 0. The molecule has 8 saturated carbocycles.